The van der Waals surface area contributed by atoms with Crippen molar-refractivity contribution in [3.63, 3.8) is 0 Å². The largest absolute Gasteiger partial charge is 0.381 e. The van der Waals surface area contributed by atoms with Gasteiger partial charge in [0.1, 0.15) is 0 Å². The molecule has 3 aliphatic rings. The van der Waals surface area contributed by atoms with Gasteiger partial charge in [-0.2, -0.15) is 0 Å². The molecule has 2 N–H and O–H groups in total. The maximum atomic E-state index is 13.2. The highest BCUT2D eigenvalue weighted by atomic mass is 16.5. The quantitative estimate of drug-likeness (QED) is 0.727. The maximum absolute atomic E-state index is 13.2. The summed E-state index contributed by atoms with van der Waals surface area (Å²) in [5.74, 6) is 1.45. The first kappa shape index (κ1) is 20.1. The standard InChI is InChI=1S/C21H38N2O3/c1-16(2)7-14-26-19-5-3-18(4-6-19)23-20(24)21(10-11-22-15-21)17-8-12-25-13-9-17/h16-19,22H,3-15H2,1-2H3,(H,23,24). The fraction of sp³-hybridized carbons (Fsp3) is 0.952. The van der Waals surface area contributed by atoms with Crippen molar-refractivity contribution < 1.29 is 14.3 Å². The van der Waals surface area contributed by atoms with Crippen LogP contribution in [0.2, 0.25) is 0 Å². The Morgan fingerprint density at radius 1 is 1.19 bits per heavy atom. The van der Waals surface area contributed by atoms with Gasteiger partial charge in [-0.25, -0.2) is 0 Å². The molecule has 0 radical (unpaired) electrons. The van der Waals surface area contributed by atoms with Crippen molar-refractivity contribution in [3.8, 4) is 0 Å². The number of amides is 1. The van der Waals surface area contributed by atoms with Crippen LogP contribution in [-0.4, -0.2) is 51.0 Å². The monoisotopic (exact) mass is 366 g/mol. The zero-order valence-corrected chi connectivity index (χ0v) is 16.7. The number of ether oxygens (including phenoxy) is 2. The van der Waals surface area contributed by atoms with Crippen molar-refractivity contribution in [2.45, 2.75) is 77.4 Å². The molecule has 3 fully saturated rings. The second-order valence-corrected chi connectivity index (χ2v) is 8.97. The predicted molar refractivity (Wildman–Crippen MR) is 103 cm³/mol. The molecule has 1 unspecified atom stereocenters. The normalized spacial score (nSPS) is 33.5. The lowest BCUT2D eigenvalue weighted by Gasteiger charge is -2.39. The molecule has 2 heterocycles. The van der Waals surface area contributed by atoms with E-state index in [0.29, 0.717) is 29.9 Å². The molecule has 5 heteroatoms. The van der Waals surface area contributed by atoms with Gasteiger partial charge in [-0.05, 0) is 69.7 Å². The summed E-state index contributed by atoms with van der Waals surface area (Å²) in [5.41, 5.74) is -0.214. The van der Waals surface area contributed by atoms with Crippen LogP contribution in [0.1, 0.15) is 65.2 Å². The highest BCUT2D eigenvalue weighted by Crippen LogP contribution is 2.40. The topological polar surface area (TPSA) is 59.6 Å². The average Bonchev–Trinajstić information content (AvgIpc) is 3.15. The Hall–Kier alpha value is -0.650. The van der Waals surface area contributed by atoms with Crippen molar-refractivity contribution in [3.05, 3.63) is 0 Å². The van der Waals surface area contributed by atoms with Gasteiger partial charge in [0, 0.05) is 32.4 Å². The molecule has 5 nitrogen and oxygen atoms in total. The van der Waals surface area contributed by atoms with E-state index in [1.165, 1.54) is 0 Å². The van der Waals surface area contributed by atoms with Gasteiger partial charge in [-0.1, -0.05) is 13.8 Å². The minimum Gasteiger partial charge on any atom is -0.381 e. The second kappa shape index (κ2) is 9.52. The summed E-state index contributed by atoms with van der Waals surface area (Å²) in [6.45, 7) is 8.75. The molecular weight excluding hydrogens is 328 g/mol. The number of rotatable bonds is 7. The van der Waals surface area contributed by atoms with E-state index in [9.17, 15) is 4.79 Å². The van der Waals surface area contributed by atoms with Crippen molar-refractivity contribution in [2.75, 3.05) is 32.9 Å². The molecule has 0 aromatic heterocycles. The molecule has 0 spiro atoms. The van der Waals surface area contributed by atoms with Gasteiger partial charge in [0.15, 0.2) is 0 Å². The van der Waals surface area contributed by atoms with Gasteiger partial charge in [0.05, 0.1) is 11.5 Å². The summed E-state index contributed by atoms with van der Waals surface area (Å²) in [4.78, 5) is 13.2. The number of carbonyl (C=O) groups excluding carboxylic acids is 1. The zero-order chi connectivity index (χ0) is 18.4. The lowest BCUT2D eigenvalue weighted by Crippen LogP contribution is -2.52. The summed E-state index contributed by atoms with van der Waals surface area (Å²) in [6, 6.07) is 0.324. The van der Waals surface area contributed by atoms with Crippen LogP contribution in [0, 0.1) is 17.3 Å². The number of nitrogens with one attached hydrogen (secondary N) is 2. The first-order valence-electron chi connectivity index (χ1n) is 10.8. The summed E-state index contributed by atoms with van der Waals surface area (Å²) in [5, 5.41) is 6.86. The van der Waals surface area contributed by atoms with Crippen LogP contribution in [0.25, 0.3) is 0 Å². The van der Waals surface area contributed by atoms with Gasteiger partial charge in [-0.15, -0.1) is 0 Å². The first-order valence-corrected chi connectivity index (χ1v) is 10.8. The van der Waals surface area contributed by atoms with Crippen LogP contribution in [0.15, 0.2) is 0 Å². The van der Waals surface area contributed by atoms with Crippen LogP contribution >= 0.6 is 0 Å². The lowest BCUT2D eigenvalue weighted by atomic mass is 9.70. The predicted octanol–water partition coefficient (Wildman–Crippen LogP) is 2.88. The van der Waals surface area contributed by atoms with Crippen molar-refractivity contribution in [1.29, 1.82) is 0 Å². The van der Waals surface area contributed by atoms with Gasteiger partial charge in [0.2, 0.25) is 5.91 Å². The minimum absolute atomic E-state index is 0.214. The Bertz CT molecular complexity index is 435. The SMILES string of the molecule is CC(C)CCOC1CCC(NC(=O)C2(C3CCOCC3)CCNC2)CC1. The Labute approximate surface area is 159 Å². The summed E-state index contributed by atoms with van der Waals surface area (Å²) >= 11 is 0. The Kier molecular flexibility index (Phi) is 7.35. The molecule has 1 saturated carbocycles. The molecule has 3 rings (SSSR count). The molecule has 0 bridgehead atoms. The average molecular weight is 367 g/mol. The summed E-state index contributed by atoms with van der Waals surface area (Å²) in [6.07, 6.45) is 8.78. The van der Waals surface area contributed by atoms with E-state index in [-0.39, 0.29) is 5.41 Å². The second-order valence-electron chi connectivity index (χ2n) is 8.97. The van der Waals surface area contributed by atoms with E-state index in [2.05, 4.69) is 24.5 Å². The molecule has 150 valence electrons. The third-order valence-electron chi connectivity index (χ3n) is 6.70. The van der Waals surface area contributed by atoms with Crippen LogP contribution in [-0.2, 0) is 14.3 Å². The van der Waals surface area contributed by atoms with E-state index in [1.807, 2.05) is 0 Å². The third-order valence-corrected chi connectivity index (χ3v) is 6.70. The maximum Gasteiger partial charge on any atom is 0.228 e. The van der Waals surface area contributed by atoms with Crippen molar-refractivity contribution in [2.24, 2.45) is 17.3 Å². The van der Waals surface area contributed by atoms with E-state index >= 15 is 0 Å². The molecule has 2 aliphatic heterocycles. The number of carbonyl (C=O) groups is 1. The van der Waals surface area contributed by atoms with E-state index in [0.717, 1.165) is 84.3 Å². The fourth-order valence-electron chi connectivity index (χ4n) is 4.86. The van der Waals surface area contributed by atoms with Gasteiger partial charge >= 0.3 is 0 Å². The summed E-state index contributed by atoms with van der Waals surface area (Å²) < 4.78 is 11.6. The molecule has 0 aromatic rings. The fourth-order valence-corrected chi connectivity index (χ4v) is 4.86. The van der Waals surface area contributed by atoms with Crippen LogP contribution in [0.3, 0.4) is 0 Å². The van der Waals surface area contributed by atoms with Crippen LogP contribution < -0.4 is 10.6 Å². The van der Waals surface area contributed by atoms with E-state index in [1.54, 1.807) is 0 Å². The molecule has 0 aromatic carbocycles. The number of hydrogen-bond acceptors (Lipinski definition) is 4. The Morgan fingerprint density at radius 2 is 1.92 bits per heavy atom. The third kappa shape index (κ3) is 4.99. The van der Waals surface area contributed by atoms with Gasteiger partial charge in [0.25, 0.3) is 0 Å². The Balaban J connectivity index is 1.47. The molecule has 26 heavy (non-hydrogen) atoms. The highest BCUT2D eigenvalue weighted by molar-refractivity contribution is 5.84. The van der Waals surface area contributed by atoms with Gasteiger partial charge in [-0.3, -0.25) is 4.79 Å². The Morgan fingerprint density at radius 3 is 2.54 bits per heavy atom. The van der Waals surface area contributed by atoms with E-state index < -0.39 is 0 Å². The minimum atomic E-state index is -0.214. The van der Waals surface area contributed by atoms with Crippen LogP contribution in [0.4, 0.5) is 0 Å². The lowest BCUT2D eigenvalue weighted by molar-refractivity contribution is -0.136. The number of hydrogen-bond donors (Lipinski definition) is 2. The molecule has 1 amide bonds. The molecule has 2 saturated heterocycles. The van der Waals surface area contributed by atoms with Crippen molar-refractivity contribution in [1.82, 2.24) is 10.6 Å². The molecule has 1 aliphatic carbocycles. The van der Waals surface area contributed by atoms with Crippen molar-refractivity contribution >= 4 is 5.91 Å². The molecular formula is C21H38N2O3. The summed E-state index contributed by atoms with van der Waals surface area (Å²) in [7, 11) is 0. The zero-order valence-electron chi connectivity index (χ0n) is 16.7. The van der Waals surface area contributed by atoms with E-state index in [4.69, 9.17) is 9.47 Å². The van der Waals surface area contributed by atoms with Crippen LogP contribution in [0.5, 0.6) is 0 Å². The highest BCUT2D eigenvalue weighted by Gasteiger charge is 2.48. The first-order chi connectivity index (χ1) is 12.6. The smallest absolute Gasteiger partial charge is 0.228 e. The van der Waals surface area contributed by atoms with Gasteiger partial charge < -0.3 is 20.1 Å². The molecule has 1 atom stereocenters.